The van der Waals surface area contributed by atoms with Crippen molar-refractivity contribution in [2.45, 2.75) is 24.7 Å². The highest BCUT2D eigenvalue weighted by Gasteiger charge is 2.30. The Kier molecular flexibility index (Phi) is 5.27. The molecule has 0 saturated carbocycles. The molecule has 31 heavy (non-hydrogen) atoms. The van der Waals surface area contributed by atoms with Crippen molar-refractivity contribution < 1.29 is 8.42 Å². The number of benzene rings is 2. The molecule has 162 valence electrons. The van der Waals surface area contributed by atoms with Crippen LogP contribution in [-0.4, -0.2) is 62.0 Å². The van der Waals surface area contributed by atoms with E-state index in [1.54, 1.807) is 10.4 Å². The van der Waals surface area contributed by atoms with Gasteiger partial charge in [-0.2, -0.15) is 4.31 Å². The molecule has 0 aliphatic carbocycles. The summed E-state index contributed by atoms with van der Waals surface area (Å²) >= 11 is 0. The van der Waals surface area contributed by atoms with E-state index in [0.717, 1.165) is 41.3 Å². The minimum atomic E-state index is -3.56. The fraction of sp³-hybridized carbons (Fsp3) is 0.391. The van der Waals surface area contributed by atoms with Gasteiger partial charge in [0, 0.05) is 50.7 Å². The number of hydrogen-bond acceptors (Lipinski definition) is 6. The molecule has 0 spiro atoms. The van der Waals surface area contributed by atoms with Crippen molar-refractivity contribution in [3.8, 4) is 0 Å². The monoisotopic (exact) mass is 437 g/mol. The zero-order chi connectivity index (χ0) is 21.4. The first kappa shape index (κ1) is 20.2. The normalized spacial score (nSPS) is 18.1. The quantitative estimate of drug-likeness (QED) is 0.625. The lowest BCUT2D eigenvalue weighted by Gasteiger charge is -2.35. The SMILES string of the molecule is Cc1nc(N2CCCC2)cc(N2CCN(S(=O)(=O)c3cccc4ccccc34)CC2)n1. The van der Waals surface area contributed by atoms with Gasteiger partial charge >= 0.3 is 0 Å². The van der Waals surface area contributed by atoms with Gasteiger partial charge in [-0.05, 0) is 31.2 Å². The first-order valence-corrected chi connectivity index (χ1v) is 12.3. The standard InChI is InChI=1S/C23H27N5O2S/c1-18-24-22(26-11-4-5-12-26)17-23(25-18)27-13-15-28(16-14-27)31(29,30)21-10-6-8-19-7-2-3-9-20(19)21/h2-3,6-10,17H,4-5,11-16H2,1H3. The van der Waals surface area contributed by atoms with E-state index in [4.69, 9.17) is 0 Å². The van der Waals surface area contributed by atoms with E-state index in [9.17, 15) is 8.42 Å². The summed E-state index contributed by atoms with van der Waals surface area (Å²) in [5.74, 6) is 2.62. The molecule has 5 rings (SSSR count). The Morgan fingerprint density at radius 1 is 0.774 bits per heavy atom. The molecule has 2 fully saturated rings. The third-order valence-electron chi connectivity index (χ3n) is 6.17. The molecule has 0 unspecified atom stereocenters. The maximum atomic E-state index is 13.4. The fourth-order valence-electron chi connectivity index (χ4n) is 4.52. The summed E-state index contributed by atoms with van der Waals surface area (Å²) in [5, 5.41) is 1.71. The maximum Gasteiger partial charge on any atom is 0.243 e. The van der Waals surface area contributed by atoms with E-state index in [2.05, 4.69) is 19.8 Å². The lowest BCUT2D eigenvalue weighted by atomic mass is 10.1. The van der Waals surface area contributed by atoms with Crippen LogP contribution in [0.4, 0.5) is 11.6 Å². The second kappa shape index (κ2) is 8.09. The lowest BCUT2D eigenvalue weighted by molar-refractivity contribution is 0.384. The van der Waals surface area contributed by atoms with Crippen molar-refractivity contribution >= 4 is 32.4 Å². The molecular formula is C23H27N5O2S. The predicted octanol–water partition coefficient (Wildman–Crippen LogP) is 3.05. The van der Waals surface area contributed by atoms with Crippen LogP contribution in [0.2, 0.25) is 0 Å². The van der Waals surface area contributed by atoms with Gasteiger partial charge in [-0.25, -0.2) is 18.4 Å². The zero-order valence-electron chi connectivity index (χ0n) is 17.7. The highest BCUT2D eigenvalue weighted by atomic mass is 32.2. The van der Waals surface area contributed by atoms with Crippen LogP contribution in [0.3, 0.4) is 0 Å². The predicted molar refractivity (Wildman–Crippen MR) is 123 cm³/mol. The van der Waals surface area contributed by atoms with Crippen LogP contribution in [0.15, 0.2) is 53.4 Å². The summed E-state index contributed by atoms with van der Waals surface area (Å²) in [5.41, 5.74) is 0. The van der Waals surface area contributed by atoms with Crippen LogP contribution >= 0.6 is 0 Å². The summed E-state index contributed by atoms with van der Waals surface area (Å²) in [6.07, 6.45) is 2.40. The summed E-state index contributed by atoms with van der Waals surface area (Å²) in [7, 11) is -3.56. The van der Waals surface area contributed by atoms with Crippen molar-refractivity contribution in [3.63, 3.8) is 0 Å². The molecule has 3 aromatic rings. The van der Waals surface area contributed by atoms with E-state index in [-0.39, 0.29) is 0 Å². The van der Waals surface area contributed by atoms with Gasteiger partial charge in [0.05, 0.1) is 4.90 Å². The van der Waals surface area contributed by atoms with E-state index in [1.165, 1.54) is 12.8 Å². The minimum absolute atomic E-state index is 0.383. The maximum absolute atomic E-state index is 13.4. The Balaban J connectivity index is 1.36. The van der Waals surface area contributed by atoms with Gasteiger partial charge in [0.2, 0.25) is 10.0 Å². The van der Waals surface area contributed by atoms with Gasteiger partial charge in [0.1, 0.15) is 17.5 Å². The third-order valence-corrected chi connectivity index (χ3v) is 8.13. The lowest BCUT2D eigenvalue weighted by Crippen LogP contribution is -2.49. The van der Waals surface area contributed by atoms with E-state index >= 15 is 0 Å². The molecule has 3 heterocycles. The van der Waals surface area contributed by atoms with Crippen molar-refractivity contribution in [1.82, 2.24) is 14.3 Å². The van der Waals surface area contributed by atoms with E-state index in [0.29, 0.717) is 31.1 Å². The number of fused-ring (bicyclic) bond motifs is 1. The van der Waals surface area contributed by atoms with Crippen LogP contribution in [0.25, 0.3) is 10.8 Å². The van der Waals surface area contributed by atoms with Gasteiger partial charge in [0.15, 0.2) is 0 Å². The number of rotatable bonds is 4. The molecule has 7 nitrogen and oxygen atoms in total. The molecule has 2 saturated heterocycles. The number of nitrogens with zero attached hydrogens (tertiary/aromatic N) is 5. The summed E-state index contributed by atoms with van der Waals surface area (Å²) in [6, 6.07) is 15.2. The number of sulfonamides is 1. The first-order valence-electron chi connectivity index (χ1n) is 10.9. The Bertz CT molecular complexity index is 1190. The molecule has 2 aromatic carbocycles. The topological polar surface area (TPSA) is 69.6 Å². The summed E-state index contributed by atoms with van der Waals surface area (Å²) in [4.78, 5) is 14.1. The average Bonchev–Trinajstić information content (AvgIpc) is 3.33. The molecule has 0 atom stereocenters. The average molecular weight is 438 g/mol. The van der Waals surface area contributed by atoms with E-state index in [1.807, 2.05) is 49.4 Å². The van der Waals surface area contributed by atoms with Gasteiger partial charge in [0.25, 0.3) is 0 Å². The fourth-order valence-corrected chi connectivity index (χ4v) is 6.16. The highest BCUT2D eigenvalue weighted by molar-refractivity contribution is 7.89. The molecule has 1 aromatic heterocycles. The Hall–Kier alpha value is -2.71. The number of anilines is 2. The van der Waals surface area contributed by atoms with Crippen LogP contribution < -0.4 is 9.80 Å². The summed E-state index contributed by atoms with van der Waals surface area (Å²) in [6.45, 7) is 6.09. The molecular weight excluding hydrogens is 410 g/mol. The van der Waals surface area contributed by atoms with Crippen LogP contribution in [0.5, 0.6) is 0 Å². The molecule has 0 radical (unpaired) electrons. The van der Waals surface area contributed by atoms with Crippen molar-refractivity contribution in [2.24, 2.45) is 0 Å². The molecule has 2 aliphatic heterocycles. The molecule has 2 aliphatic rings. The van der Waals surface area contributed by atoms with Crippen LogP contribution in [-0.2, 0) is 10.0 Å². The van der Waals surface area contributed by atoms with Crippen molar-refractivity contribution in [1.29, 1.82) is 0 Å². The van der Waals surface area contributed by atoms with Gasteiger partial charge in [-0.15, -0.1) is 0 Å². The van der Waals surface area contributed by atoms with Gasteiger partial charge < -0.3 is 9.80 Å². The first-order chi connectivity index (χ1) is 15.0. The van der Waals surface area contributed by atoms with Crippen molar-refractivity contribution in [2.75, 3.05) is 49.1 Å². The van der Waals surface area contributed by atoms with Gasteiger partial charge in [-0.1, -0.05) is 36.4 Å². The van der Waals surface area contributed by atoms with Crippen LogP contribution in [0, 0.1) is 6.92 Å². The zero-order valence-corrected chi connectivity index (χ0v) is 18.6. The highest BCUT2D eigenvalue weighted by Crippen LogP contribution is 2.28. The smallest absolute Gasteiger partial charge is 0.243 e. The minimum Gasteiger partial charge on any atom is -0.356 e. The van der Waals surface area contributed by atoms with Gasteiger partial charge in [-0.3, -0.25) is 0 Å². The Morgan fingerprint density at radius 3 is 2.10 bits per heavy atom. The van der Waals surface area contributed by atoms with E-state index < -0.39 is 10.0 Å². The number of aryl methyl sites for hydroxylation is 1. The third kappa shape index (κ3) is 3.85. The molecule has 0 amide bonds. The Morgan fingerprint density at radius 2 is 1.39 bits per heavy atom. The summed E-state index contributed by atoms with van der Waals surface area (Å²) < 4.78 is 28.4. The molecule has 0 bridgehead atoms. The number of piperazine rings is 1. The Labute approximate surface area is 183 Å². The molecule has 0 N–H and O–H groups in total. The number of hydrogen-bond donors (Lipinski definition) is 0. The van der Waals surface area contributed by atoms with Crippen LogP contribution in [0.1, 0.15) is 18.7 Å². The second-order valence-electron chi connectivity index (χ2n) is 8.19. The largest absolute Gasteiger partial charge is 0.356 e. The molecule has 8 heteroatoms. The van der Waals surface area contributed by atoms with Crippen molar-refractivity contribution in [3.05, 3.63) is 54.4 Å². The second-order valence-corrected chi connectivity index (χ2v) is 10.1. The number of aromatic nitrogens is 2.